The summed E-state index contributed by atoms with van der Waals surface area (Å²) in [6.45, 7) is 19.3. The first-order chi connectivity index (χ1) is 31.5. The number of oxime groups is 1. The lowest BCUT2D eigenvalue weighted by Crippen LogP contribution is -2.61. The van der Waals surface area contributed by atoms with E-state index in [4.69, 9.17) is 19.3 Å². The Hall–Kier alpha value is -5.87. The smallest absolute Gasteiger partial charge is 0.324 e. The monoisotopic (exact) mass is 909 g/mol. The third-order valence-corrected chi connectivity index (χ3v) is 13.2. The molecule has 66 heavy (non-hydrogen) atoms. The van der Waals surface area contributed by atoms with Gasteiger partial charge >= 0.3 is 5.97 Å². The van der Waals surface area contributed by atoms with Crippen molar-refractivity contribution in [1.29, 1.82) is 0 Å². The Kier molecular flexibility index (Phi) is 15.9. The molecule has 4 bridgehead atoms. The lowest BCUT2D eigenvalue weighted by Gasteiger charge is -2.36. The molecule has 3 aromatic rings. The summed E-state index contributed by atoms with van der Waals surface area (Å²) in [6, 6.07) is 5.29. The fourth-order valence-electron chi connectivity index (χ4n) is 9.75. The number of hydrogen-bond acceptors (Lipinski definition) is 11. The van der Waals surface area contributed by atoms with Crippen molar-refractivity contribution < 1.29 is 38.3 Å². The van der Waals surface area contributed by atoms with Crippen molar-refractivity contribution in [2.75, 3.05) is 47.5 Å². The maximum atomic E-state index is 14.6. The summed E-state index contributed by atoms with van der Waals surface area (Å²) in [4.78, 5) is 82.3. The van der Waals surface area contributed by atoms with Crippen LogP contribution in [0.25, 0.3) is 22.2 Å². The standard InChI is InChI=1S/C50H68N8O8/c1-12-41(59)56-26-23-33(28-56)47(61)55(9)44(30(3)4)46(60)52-38-19-14-18-37(54-65-11)34-21-22-40-42(31(34)5)36(45(57(40)13-2)35-17-15-24-51-43(35)32(6)64-10)27-50(7,8)29-66-49(63)39-20-16-25-58(53-39)48(38)62/h12,14-15,17-18,21-22,24,30,32-33,38-39,44,53H,1,13,16,19-20,23,25-29H2,2-11H3,(H,52,60)/b18-14+,54-37+/t32-,33-,38-,39-,44-/m0/s1. The normalized spacial score (nSPS) is 22.4. The number of carbonyl (C=O) groups excluding carboxylic acids is 5. The number of pyridine rings is 1. The largest absolute Gasteiger partial charge is 0.464 e. The minimum absolute atomic E-state index is 0.0445. The number of methoxy groups -OCH3 is 1. The Labute approximate surface area is 388 Å². The van der Waals surface area contributed by atoms with Gasteiger partial charge in [-0.05, 0) is 100 Å². The Balaban J connectivity index is 1.43. The van der Waals surface area contributed by atoms with E-state index < -0.39 is 47.2 Å². The van der Waals surface area contributed by atoms with E-state index in [0.29, 0.717) is 51.0 Å². The second kappa shape index (κ2) is 21.2. The molecule has 0 spiro atoms. The number of carbonyl (C=O) groups is 5. The van der Waals surface area contributed by atoms with E-state index in [9.17, 15) is 24.0 Å². The van der Waals surface area contributed by atoms with Crippen LogP contribution in [-0.2, 0) is 51.2 Å². The van der Waals surface area contributed by atoms with Gasteiger partial charge in [-0.1, -0.05) is 51.6 Å². The van der Waals surface area contributed by atoms with Crippen molar-refractivity contribution >= 4 is 46.2 Å². The minimum atomic E-state index is -1.10. The number of cyclic esters (lactones) is 1. The van der Waals surface area contributed by atoms with Crippen LogP contribution in [0.2, 0.25) is 0 Å². The molecule has 0 radical (unpaired) electrons. The second-order valence-electron chi connectivity index (χ2n) is 18.8. The van der Waals surface area contributed by atoms with Crippen LogP contribution in [0, 0.1) is 24.2 Å². The molecule has 6 rings (SSSR count). The first-order valence-corrected chi connectivity index (χ1v) is 23.1. The van der Waals surface area contributed by atoms with Crippen LogP contribution in [-0.4, -0.2) is 125 Å². The average molecular weight is 909 g/mol. The molecule has 2 aromatic heterocycles. The zero-order valence-corrected chi connectivity index (χ0v) is 40.3. The molecule has 16 nitrogen and oxygen atoms in total. The summed E-state index contributed by atoms with van der Waals surface area (Å²) in [5.41, 5.74) is 9.70. The SMILES string of the molecule is C=CC(=O)N1CC[C@H](C(=O)N(C)[C@H](C(=O)N[C@H]2C/C=C/C(=N\OC)c3ccc4c(c3C)c(c(-c3cccnc3[C@H](C)OC)n4CC)CC(C)(C)COC(=O)[C@@H]3CCCN(N3)C2=O)C(C)C)C1. The molecule has 2 fully saturated rings. The topological polar surface area (TPSA) is 177 Å². The van der Waals surface area contributed by atoms with Crippen molar-refractivity contribution in [3.63, 3.8) is 0 Å². The molecule has 3 aliphatic heterocycles. The van der Waals surface area contributed by atoms with Gasteiger partial charge in [0.2, 0.25) is 17.7 Å². The Morgan fingerprint density at radius 2 is 1.88 bits per heavy atom. The van der Waals surface area contributed by atoms with Crippen LogP contribution in [0.3, 0.4) is 0 Å². The van der Waals surface area contributed by atoms with Crippen LogP contribution in [0.1, 0.15) is 95.7 Å². The Bertz CT molecular complexity index is 2390. The number of rotatable bonds is 11. The van der Waals surface area contributed by atoms with Crippen LogP contribution >= 0.6 is 0 Å². The number of likely N-dealkylation sites (N-methyl/N-ethyl adjacent to an activating group) is 1. The summed E-state index contributed by atoms with van der Waals surface area (Å²) in [5, 5.41) is 9.89. The zero-order chi connectivity index (χ0) is 48.0. The van der Waals surface area contributed by atoms with Crippen molar-refractivity contribution in [1.82, 2.24) is 35.1 Å². The molecule has 0 unspecified atom stereocenters. The van der Waals surface area contributed by atoms with Gasteiger partial charge in [-0.3, -0.25) is 34.0 Å². The zero-order valence-electron chi connectivity index (χ0n) is 40.3. The van der Waals surface area contributed by atoms with Gasteiger partial charge < -0.3 is 34.0 Å². The number of nitrogens with one attached hydrogen (secondary N) is 2. The molecule has 4 amide bonds. The van der Waals surface area contributed by atoms with E-state index in [1.807, 2.05) is 32.9 Å². The van der Waals surface area contributed by atoms with Gasteiger partial charge in [0, 0.05) is 74.0 Å². The van der Waals surface area contributed by atoms with Crippen molar-refractivity contribution in [3.05, 3.63) is 77.7 Å². The highest BCUT2D eigenvalue weighted by Gasteiger charge is 2.40. The van der Waals surface area contributed by atoms with Crippen LogP contribution in [0.4, 0.5) is 0 Å². The third kappa shape index (κ3) is 10.4. The number of aryl methyl sites for hydroxylation is 2. The Morgan fingerprint density at radius 1 is 1.12 bits per heavy atom. The van der Waals surface area contributed by atoms with E-state index in [2.05, 4.69) is 66.9 Å². The molecule has 1 aromatic carbocycles. The molecule has 2 N–H and O–H groups in total. The van der Waals surface area contributed by atoms with Crippen molar-refractivity contribution in [2.45, 2.75) is 111 Å². The van der Waals surface area contributed by atoms with Gasteiger partial charge in [0.1, 0.15) is 30.9 Å². The van der Waals surface area contributed by atoms with Crippen molar-refractivity contribution in [2.24, 2.45) is 22.4 Å². The average Bonchev–Trinajstić information content (AvgIpc) is 3.92. The number of likely N-dealkylation sites (tertiary alicyclic amines) is 1. The summed E-state index contributed by atoms with van der Waals surface area (Å²) >= 11 is 0. The van der Waals surface area contributed by atoms with Gasteiger partial charge in [0.05, 0.1) is 30.0 Å². The molecule has 16 heteroatoms. The number of aromatic nitrogens is 2. The van der Waals surface area contributed by atoms with E-state index >= 15 is 0 Å². The molecule has 5 heterocycles. The highest BCUT2D eigenvalue weighted by Crippen LogP contribution is 2.42. The summed E-state index contributed by atoms with van der Waals surface area (Å²) in [6.07, 6.45) is 8.34. The molecule has 356 valence electrons. The number of hydrogen-bond donors (Lipinski definition) is 2. The predicted octanol–water partition coefficient (Wildman–Crippen LogP) is 5.66. The van der Waals surface area contributed by atoms with Crippen molar-refractivity contribution in [3.8, 4) is 11.3 Å². The summed E-state index contributed by atoms with van der Waals surface area (Å²) in [7, 11) is 4.75. The maximum absolute atomic E-state index is 14.6. The summed E-state index contributed by atoms with van der Waals surface area (Å²) < 4.78 is 14.2. The van der Waals surface area contributed by atoms with Crippen LogP contribution in [0.5, 0.6) is 0 Å². The number of esters is 1. The number of allylic oxidation sites excluding steroid dienone is 1. The predicted molar refractivity (Wildman–Crippen MR) is 253 cm³/mol. The number of amides is 4. The highest BCUT2D eigenvalue weighted by molar-refractivity contribution is 6.12. The van der Waals surface area contributed by atoms with E-state index in [0.717, 1.165) is 44.5 Å². The van der Waals surface area contributed by atoms with Gasteiger partial charge in [0.25, 0.3) is 5.91 Å². The first kappa shape index (κ1) is 49.6. The molecule has 0 saturated carbocycles. The summed E-state index contributed by atoms with van der Waals surface area (Å²) in [5.74, 6) is -2.74. The lowest BCUT2D eigenvalue weighted by atomic mass is 9.83. The number of benzene rings is 1. The third-order valence-electron chi connectivity index (χ3n) is 13.2. The van der Waals surface area contributed by atoms with Crippen LogP contribution in [0.15, 0.2) is 60.4 Å². The van der Waals surface area contributed by atoms with Crippen LogP contribution < -0.4 is 10.7 Å². The molecular formula is C50H68N8O8. The molecule has 5 atom stereocenters. The number of nitrogens with zero attached hydrogens (tertiary/aromatic N) is 6. The van der Waals surface area contributed by atoms with E-state index in [1.54, 1.807) is 37.4 Å². The van der Waals surface area contributed by atoms with E-state index in [-0.39, 0.29) is 43.4 Å². The molecule has 2 saturated heterocycles. The molecule has 3 aliphatic rings. The van der Waals surface area contributed by atoms with Gasteiger partial charge in [-0.2, -0.15) is 0 Å². The van der Waals surface area contributed by atoms with Gasteiger partial charge in [0.15, 0.2) is 0 Å². The lowest BCUT2D eigenvalue weighted by molar-refractivity contribution is -0.155. The number of fused-ring (bicyclic) bond motifs is 3. The molecule has 0 aliphatic carbocycles. The van der Waals surface area contributed by atoms with Gasteiger partial charge in [-0.25, -0.2) is 5.43 Å². The quantitative estimate of drug-likeness (QED) is 0.139. The fraction of sp³-hybridized carbons (Fsp3) is 0.540. The van der Waals surface area contributed by atoms with Gasteiger partial charge in [-0.15, -0.1) is 0 Å². The maximum Gasteiger partial charge on any atom is 0.324 e. The Morgan fingerprint density at radius 3 is 2.56 bits per heavy atom. The molecular weight excluding hydrogens is 841 g/mol. The highest BCUT2D eigenvalue weighted by atomic mass is 16.6. The fourth-order valence-corrected chi connectivity index (χ4v) is 9.75. The number of ether oxygens (including phenoxy) is 2. The number of hydrazine groups is 1. The first-order valence-electron chi connectivity index (χ1n) is 23.1. The second-order valence-corrected chi connectivity index (χ2v) is 18.8. The minimum Gasteiger partial charge on any atom is -0.464 e. The van der Waals surface area contributed by atoms with E-state index in [1.165, 1.54) is 23.1 Å².